The Bertz CT molecular complexity index is 707. The highest BCUT2D eigenvalue weighted by atomic mass is 32.1. The molecule has 2 heterocycles. The van der Waals surface area contributed by atoms with E-state index in [1.165, 1.54) is 21.6 Å². The molecule has 0 atom stereocenters. The van der Waals surface area contributed by atoms with Crippen LogP contribution in [0.5, 0.6) is 0 Å². The average molecular weight is 311 g/mol. The Morgan fingerprint density at radius 3 is 2.68 bits per heavy atom. The summed E-state index contributed by atoms with van der Waals surface area (Å²) in [7, 11) is 0. The largest absolute Gasteiger partial charge is 0.389 e. The lowest BCUT2D eigenvalue weighted by Gasteiger charge is -2.27. The predicted octanol–water partition coefficient (Wildman–Crippen LogP) is 3.88. The van der Waals surface area contributed by atoms with Crippen molar-refractivity contribution in [2.75, 3.05) is 12.3 Å². The van der Waals surface area contributed by atoms with Crippen LogP contribution in [0.4, 0.5) is 5.00 Å². The van der Waals surface area contributed by atoms with E-state index in [1.807, 2.05) is 0 Å². The van der Waals surface area contributed by atoms with Crippen LogP contribution in [0.3, 0.4) is 0 Å². The molecule has 0 fully saturated rings. The summed E-state index contributed by atoms with van der Waals surface area (Å²) in [4.78, 5) is 3.70. The molecule has 0 saturated heterocycles. The van der Waals surface area contributed by atoms with Gasteiger partial charge in [-0.2, -0.15) is 5.26 Å². The van der Waals surface area contributed by atoms with Crippen LogP contribution in [-0.4, -0.2) is 11.4 Å². The second kappa shape index (κ2) is 6.12. The molecule has 4 heteroatoms. The van der Waals surface area contributed by atoms with Crippen molar-refractivity contribution >= 4 is 16.3 Å². The fourth-order valence-corrected chi connectivity index (χ4v) is 4.11. The van der Waals surface area contributed by atoms with Gasteiger partial charge in [0.05, 0.1) is 5.56 Å². The van der Waals surface area contributed by atoms with Crippen LogP contribution in [0.2, 0.25) is 0 Å². The van der Waals surface area contributed by atoms with Gasteiger partial charge in [0.15, 0.2) is 0 Å². The van der Waals surface area contributed by atoms with Crippen molar-refractivity contribution in [1.82, 2.24) is 4.90 Å². The Morgan fingerprint density at radius 1 is 1.32 bits per heavy atom. The molecule has 1 aliphatic rings. The number of thiophene rings is 1. The number of nitriles is 1. The number of nitrogens with two attached hydrogens (primary N) is 1. The minimum Gasteiger partial charge on any atom is -0.389 e. The van der Waals surface area contributed by atoms with Crippen LogP contribution >= 0.6 is 11.3 Å². The third-order valence-electron chi connectivity index (χ3n) is 4.33. The second-order valence-electron chi connectivity index (χ2n) is 6.21. The number of rotatable bonds is 3. The first-order chi connectivity index (χ1) is 10.6. The zero-order chi connectivity index (χ0) is 15.7. The van der Waals surface area contributed by atoms with E-state index in [0.717, 1.165) is 26.1 Å². The molecular weight excluding hydrogens is 290 g/mol. The van der Waals surface area contributed by atoms with Crippen LogP contribution in [-0.2, 0) is 19.5 Å². The SMILES string of the molecule is CC(C)c1ccc(CN2CCc3c(sc(N)c3C#N)C2)cc1. The molecule has 22 heavy (non-hydrogen) atoms. The topological polar surface area (TPSA) is 53.0 Å². The molecule has 3 nitrogen and oxygen atoms in total. The van der Waals surface area contributed by atoms with Crippen molar-refractivity contribution in [2.45, 2.75) is 39.3 Å². The van der Waals surface area contributed by atoms with Crippen molar-refractivity contribution in [3.05, 3.63) is 51.4 Å². The lowest BCUT2D eigenvalue weighted by molar-refractivity contribution is 0.249. The summed E-state index contributed by atoms with van der Waals surface area (Å²) in [5, 5.41) is 9.87. The normalized spacial score (nSPS) is 14.8. The average Bonchev–Trinajstić information content (AvgIpc) is 2.82. The zero-order valence-electron chi connectivity index (χ0n) is 13.1. The van der Waals surface area contributed by atoms with Gasteiger partial charge in [-0.15, -0.1) is 11.3 Å². The fraction of sp³-hybridized carbons (Fsp3) is 0.389. The molecule has 3 rings (SSSR count). The molecule has 0 bridgehead atoms. The van der Waals surface area contributed by atoms with E-state index in [0.29, 0.717) is 16.5 Å². The van der Waals surface area contributed by atoms with E-state index in [2.05, 4.69) is 49.1 Å². The monoisotopic (exact) mass is 311 g/mol. The lowest BCUT2D eigenvalue weighted by Crippen LogP contribution is -2.29. The Morgan fingerprint density at radius 2 is 2.05 bits per heavy atom. The maximum absolute atomic E-state index is 9.20. The molecule has 0 spiro atoms. The summed E-state index contributed by atoms with van der Waals surface area (Å²) in [5.74, 6) is 0.574. The van der Waals surface area contributed by atoms with Crippen molar-refractivity contribution in [1.29, 1.82) is 5.26 Å². The van der Waals surface area contributed by atoms with E-state index >= 15 is 0 Å². The van der Waals surface area contributed by atoms with Gasteiger partial charge in [0.2, 0.25) is 0 Å². The van der Waals surface area contributed by atoms with Crippen molar-refractivity contribution in [3.8, 4) is 6.07 Å². The molecule has 0 radical (unpaired) electrons. The zero-order valence-corrected chi connectivity index (χ0v) is 13.9. The minimum absolute atomic E-state index is 0.574. The molecule has 0 unspecified atom stereocenters. The van der Waals surface area contributed by atoms with Gasteiger partial charge >= 0.3 is 0 Å². The number of hydrogen-bond acceptors (Lipinski definition) is 4. The third kappa shape index (κ3) is 2.87. The fourth-order valence-electron chi connectivity index (χ4n) is 3.00. The number of nitrogen functional groups attached to an aromatic ring is 1. The molecular formula is C18H21N3S. The Balaban J connectivity index is 1.71. The molecule has 2 N–H and O–H groups in total. The lowest BCUT2D eigenvalue weighted by atomic mass is 10.0. The number of anilines is 1. The summed E-state index contributed by atoms with van der Waals surface area (Å²) in [6, 6.07) is 11.2. The van der Waals surface area contributed by atoms with E-state index in [4.69, 9.17) is 5.73 Å². The molecule has 0 aliphatic carbocycles. The van der Waals surface area contributed by atoms with Crippen molar-refractivity contribution in [3.63, 3.8) is 0 Å². The predicted molar refractivity (Wildman–Crippen MR) is 91.8 cm³/mol. The summed E-state index contributed by atoms with van der Waals surface area (Å²) in [6.07, 6.45) is 0.927. The summed E-state index contributed by atoms with van der Waals surface area (Å²) in [6.45, 7) is 7.28. The van der Waals surface area contributed by atoms with Crippen LogP contribution in [0.25, 0.3) is 0 Å². The third-order valence-corrected chi connectivity index (χ3v) is 5.37. The van der Waals surface area contributed by atoms with Crippen molar-refractivity contribution in [2.24, 2.45) is 0 Å². The van der Waals surface area contributed by atoms with Crippen LogP contribution in [0.15, 0.2) is 24.3 Å². The highest BCUT2D eigenvalue weighted by molar-refractivity contribution is 7.16. The van der Waals surface area contributed by atoms with E-state index in [9.17, 15) is 5.26 Å². The molecule has 0 amide bonds. The van der Waals surface area contributed by atoms with Gasteiger partial charge in [-0.05, 0) is 29.0 Å². The van der Waals surface area contributed by atoms with E-state index in [-0.39, 0.29) is 0 Å². The number of benzene rings is 1. The van der Waals surface area contributed by atoms with Crippen LogP contribution in [0, 0.1) is 11.3 Å². The molecule has 0 saturated carbocycles. The Hall–Kier alpha value is -1.83. The smallest absolute Gasteiger partial charge is 0.104 e. The van der Waals surface area contributed by atoms with Gasteiger partial charge in [0.25, 0.3) is 0 Å². The second-order valence-corrected chi connectivity index (χ2v) is 7.35. The van der Waals surface area contributed by atoms with Crippen LogP contribution < -0.4 is 5.73 Å². The number of hydrogen-bond donors (Lipinski definition) is 1. The first kappa shape index (κ1) is 15.1. The number of nitrogens with zero attached hydrogens (tertiary/aromatic N) is 2. The molecule has 1 aromatic carbocycles. The number of fused-ring (bicyclic) bond motifs is 1. The van der Waals surface area contributed by atoms with Gasteiger partial charge in [0, 0.05) is 24.5 Å². The van der Waals surface area contributed by atoms with E-state index in [1.54, 1.807) is 11.3 Å². The van der Waals surface area contributed by atoms with Gasteiger partial charge < -0.3 is 5.73 Å². The summed E-state index contributed by atoms with van der Waals surface area (Å²) >= 11 is 1.58. The van der Waals surface area contributed by atoms with Gasteiger partial charge in [-0.25, -0.2) is 0 Å². The van der Waals surface area contributed by atoms with Crippen LogP contribution in [0.1, 0.15) is 46.9 Å². The first-order valence-corrected chi connectivity index (χ1v) is 8.51. The summed E-state index contributed by atoms with van der Waals surface area (Å²) < 4.78 is 0. The quantitative estimate of drug-likeness (QED) is 0.935. The molecule has 1 aromatic heterocycles. The minimum atomic E-state index is 0.574. The first-order valence-electron chi connectivity index (χ1n) is 7.69. The van der Waals surface area contributed by atoms with Gasteiger partial charge in [0.1, 0.15) is 11.1 Å². The maximum Gasteiger partial charge on any atom is 0.104 e. The Labute approximate surface area is 136 Å². The highest BCUT2D eigenvalue weighted by Gasteiger charge is 2.23. The van der Waals surface area contributed by atoms with Gasteiger partial charge in [-0.3, -0.25) is 4.90 Å². The molecule has 1 aliphatic heterocycles. The van der Waals surface area contributed by atoms with E-state index < -0.39 is 0 Å². The maximum atomic E-state index is 9.20. The van der Waals surface area contributed by atoms with Gasteiger partial charge in [-0.1, -0.05) is 38.1 Å². The highest BCUT2D eigenvalue weighted by Crippen LogP contribution is 2.34. The standard InChI is InChI=1S/C18H21N3S/c1-12(2)14-5-3-13(4-6-14)10-21-8-7-15-16(9-19)18(20)22-17(15)11-21/h3-6,12H,7-8,10-11,20H2,1-2H3. The molecule has 114 valence electrons. The molecule has 2 aromatic rings. The Kier molecular flexibility index (Phi) is 4.19. The summed E-state index contributed by atoms with van der Waals surface area (Å²) in [5.41, 5.74) is 10.6. The van der Waals surface area contributed by atoms with Crippen molar-refractivity contribution < 1.29 is 0 Å².